The van der Waals surface area contributed by atoms with E-state index in [1.54, 1.807) is 18.2 Å². The van der Waals surface area contributed by atoms with Crippen molar-refractivity contribution in [2.75, 3.05) is 5.73 Å². The highest BCUT2D eigenvalue weighted by Crippen LogP contribution is 2.31. The number of rotatable bonds is 2. The number of nitrogens with zero attached hydrogens (tertiary/aromatic N) is 1. The lowest BCUT2D eigenvalue weighted by Crippen LogP contribution is -1.94. The van der Waals surface area contributed by atoms with Crippen molar-refractivity contribution in [2.24, 2.45) is 0 Å². The van der Waals surface area contributed by atoms with Gasteiger partial charge in [0, 0.05) is 4.47 Å². The first-order chi connectivity index (χ1) is 8.60. The number of nitrogens with two attached hydrogens (primary N) is 1. The molecule has 2 N–H and O–H groups in total. The number of aryl methyl sites for hydroxylation is 1. The lowest BCUT2D eigenvalue weighted by molar-refractivity contribution is 0.483. The monoisotopic (exact) mass is 302 g/mol. The van der Waals surface area contributed by atoms with Crippen LogP contribution in [0.15, 0.2) is 40.9 Å². The number of benzene rings is 2. The van der Waals surface area contributed by atoms with Crippen LogP contribution >= 0.6 is 15.9 Å². The van der Waals surface area contributed by atoms with Crippen molar-refractivity contribution in [1.82, 2.24) is 0 Å². The first-order valence-electron chi connectivity index (χ1n) is 5.34. The molecule has 0 bridgehead atoms. The number of nitriles is 1. The van der Waals surface area contributed by atoms with Crippen molar-refractivity contribution < 1.29 is 4.74 Å². The van der Waals surface area contributed by atoms with E-state index in [2.05, 4.69) is 22.0 Å². The molecule has 2 aromatic rings. The van der Waals surface area contributed by atoms with Gasteiger partial charge in [0.05, 0.1) is 11.3 Å². The second kappa shape index (κ2) is 5.11. The molecule has 0 aliphatic carbocycles. The van der Waals surface area contributed by atoms with Crippen molar-refractivity contribution >= 4 is 21.6 Å². The van der Waals surface area contributed by atoms with Gasteiger partial charge in [0.25, 0.3) is 0 Å². The Bertz CT molecular complexity index is 632. The zero-order chi connectivity index (χ0) is 13.1. The predicted molar refractivity (Wildman–Crippen MR) is 74.5 cm³/mol. The molecule has 4 heteroatoms. The fourth-order valence-electron chi connectivity index (χ4n) is 1.53. The SMILES string of the molecule is Cc1ccc(N)c(Oc2ccc(Br)cc2C#N)c1. The summed E-state index contributed by atoms with van der Waals surface area (Å²) in [5.74, 6) is 1.06. The molecule has 0 fully saturated rings. The van der Waals surface area contributed by atoms with Crippen LogP contribution in [0.1, 0.15) is 11.1 Å². The smallest absolute Gasteiger partial charge is 0.150 e. The van der Waals surface area contributed by atoms with Crippen LogP contribution in [0.4, 0.5) is 5.69 Å². The van der Waals surface area contributed by atoms with Gasteiger partial charge in [-0.2, -0.15) is 5.26 Å². The van der Waals surface area contributed by atoms with Gasteiger partial charge in [0.2, 0.25) is 0 Å². The van der Waals surface area contributed by atoms with Gasteiger partial charge in [-0.1, -0.05) is 22.0 Å². The summed E-state index contributed by atoms with van der Waals surface area (Å²) >= 11 is 3.32. The maximum absolute atomic E-state index is 9.06. The molecule has 0 heterocycles. The number of nitrogen functional groups attached to an aromatic ring is 1. The fraction of sp³-hybridized carbons (Fsp3) is 0.0714. The van der Waals surface area contributed by atoms with Gasteiger partial charge in [-0.3, -0.25) is 0 Å². The molecular formula is C14H11BrN2O. The highest BCUT2D eigenvalue weighted by atomic mass is 79.9. The van der Waals surface area contributed by atoms with Crippen LogP contribution in [0.25, 0.3) is 0 Å². The standard InChI is InChI=1S/C14H11BrN2O/c1-9-2-4-12(17)14(6-9)18-13-5-3-11(15)7-10(13)8-16/h2-7H,17H2,1H3. The maximum Gasteiger partial charge on any atom is 0.150 e. The van der Waals surface area contributed by atoms with Gasteiger partial charge in [0.1, 0.15) is 11.8 Å². The molecule has 0 saturated carbocycles. The lowest BCUT2D eigenvalue weighted by atomic mass is 10.2. The lowest BCUT2D eigenvalue weighted by Gasteiger charge is -2.10. The third-order valence-electron chi connectivity index (χ3n) is 2.45. The Kier molecular flexibility index (Phi) is 3.54. The summed E-state index contributed by atoms with van der Waals surface area (Å²) in [6.07, 6.45) is 0. The Hall–Kier alpha value is -1.99. The number of anilines is 1. The van der Waals surface area contributed by atoms with Crippen molar-refractivity contribution in [3.63, 3.8) is 0 Å². The van der Waals surface area contributed by atoms with Gasteiger partial charge in [-0.05, 0) is 42.8 Å². The third kappa shape index (κ3) is 2.63. The Morgan fingerprint density at radius 3 is 2.67 bits per heavy atom. The van der Waals surface area contributed by atoms with Gasteiger partial charge >= 0.3 is 0 Å². The normalized spacial score (nSPS) is 9.83. The number of halogens is 1. The first-order valence-corrected chi connectivity index (χ1v) is 6.13. The van der Waals surface area contributed by atoms with E-state index in [9.17, 15) is 0 Å². The average molecular weight is 303 g/mol. The summed E-state index contributed by atoms with van der Waals surface area (Å²) in [6, 6.07) is 12.9. The van der Waals surface area contributed by atoms with Gasteiger partial charge in [-0.15, -0.1) is 0 Å². The van der Waals surface area contributed by atoms with Gasteiger partial charge in [0.15, 0.2) is 5.75 Å². The molecule has 3 nitrogen and oxygen atoms in total. The highest BCUT2D eigenvalue weighted by Gasteiger charge is 2.07. The molecule has 2 aromatic carbocycles. The van der Waals surface area contributed by atoms with Gasteiger partial charge < -0.3 is 10.5 Å². The van der Waals surface area contributed by atoms with Crippen LogP contribution in [-0.2, 0) is 0 Å². The van der Waals surface area contributed by atoms with Crippen LogP contribution < -0.4 is 10.5 Å². The first kappa shape index (κ1) is 12.5. The largest absolute Gasteiger partial charge is 0.454 e. The zero-order valence-electron chi connectivity index (χ0n) is 9.77. The molecule has 0 unspecified atom stereocenters. The minimum absolute atomic E-state index is 0.463. The Labute approximate surface area is 114 Å². The summed E-state index contributed by atoms with van der Waals surface area (Å²) in [5, 5.41) is 9.06. The summed E-state index contributed by atoms with van der Waals surface area (Å²) < 4.78 is 6.54. The van der Waals surface area contributed by atoms with E-state index in [1.165, 1.54) is 0 Å². The van der Waals surface area contributed by atoms with E-state index < -0.39 is 0 Å². The van der Waals surface area contributed by atoms with E-state index in [1.807, 2.05) is 25.1 Å². The molecule has 0 radical (unpaired) electrons. The average Bonchev–Trinajstić information content (AvgIpc) is 2.36. The Balaban J connectivity index is 2.40. The molecule has 90 valence electrons. The predicted octanol–water partition coefficient (Wildman–Crippen LogP) is 4.00. The minimum Gasteiger partial charge on any atom is -0.454 e. The van der Waals surface area contributed by atoms with Crippen LogP contribution in [0, 0.1) is 18.3 Å². The molecule has 0 spiro atoms. The van der Waals surface area contributed by atoms with Crippen molar-refractivity contribution in [1.29, 1.82) is 5.26 Å². The Morgan fingerprint density at radius 1 is 1.17 bits per heavy atom. The van der Waals surface area contributed by atoms with Crippen LogP contribution in [0.5, 0.6) is 11.5 Å². The minimum atomic E-state index is 0.463. The number of hydrogen-bond acceptors (Lipinski definition) is 3. The third-order valence-corrected chi connectivity index (χ3v) is 2.94. The van der Waals surface area contributed by atoms with Gasteiger partial charge in [-0.25, -0.2) is 0 Å². The fourth-order valence-corrected chi connectivity index (χ4v) is 1.89. The molecule has 0 atom stereocenters. The van der Waals surface area contributed by atoms with E-state index in [-0.39, 0.29) is 0 Å². The molecule has 0 amide bonds. The van der Waals surface area contributed by atoms with E-state index in [0.717, 1.165) is 10.0 Å². The molecule has 0 aromatic heterocycles. The highest BCUT2D eigenvalue weighted by molar-refractivity contribution is 9.10. The number of hydrogen-bond donors (Lipinski definition) is 1. The Morgan fingerprint density at radius 2 is 1.94 bits per heavy atom. The zero-order valence-corrected chi connectivity index (χ0v) is 11.4. The second-order valence-corrected chi connectivity index (χ2v) is 4.81. The summed E-state index contributed by atoms with van der Waals surface area (Å²) in [5.41, 5.74) is 7.90. The van der Waals surface area contributed by atoms with Crippen molar-refractivity contribution in [2.45, 2.75) is 6.92 Å². The summed E-state index contributed by atoms with van der Waals surface area (Å²) in [7, 11) is 0. The molecule has 0 aliphatic heterocycles. The van der Waals surface area contributed by atoms with Crippen molar-refractivity contribution in [3.05, 3.63) is 52.0 Å². The quantitative estimate of drug-likeness (QED) is 0.853. The molecule has 18 heavy (non-hydrogen) atoms. The molecule has 0 aliphatic rings. The number of ether oxygens (including phenoxy) is 1. The second-order valence-electron chi connectivity index (χ2n) is 3.90. The van der Waals surface area contributed by atoms with Crippen LogP contribution in [0.3, 0.4) is 0 Å². The molecule has 0 saturated heterocycles. The van der Waals surface area contributed by atoms with Crippen LogP contribution in [0.2, 0.25) is 0 Å². The molecular weight excluding hydrogens is 292 g/mol. The topological polar surface area (TPSA) is 59.0 Å². The van der Waals surface area contributed by atoms with E-state index in [4.69, 9.17) is 15.7 Å². The molecule has 2 rings (SSSR count). The van der Waals surface area contributed by atoms with Crippen LogP contribution in [-0.4, -0.2) is 0 Å². The van der Waals surface area contributed by atoms with Crippen molar-refractivity contribution in [3.8, 4) is 17.6 Å². The van der Waals surface area contributed by atoms with E-state index in [0.29, 0.717) is 22.7 Å². The summed E-state index contributed by atoms with van der Waals surface area (Å²) in [4.78, 5) is 0. The van der Waals surface area contributed by atoms with E-state index >= 15 is 0 Å². The summed E-state index contributed by atoms with van der Waals surface area (Å²) in [6.45, 7) is 1.96. The maximum atomic E-state index is 9.06.